The van der Waals surface area contributed by atoms with Crippen LogP contribution in [-0.2, 0) is 10.0 Å². The Morgan fingerprint density at radius 3 is 2.62 bits per heavy atom. The standard InChI is InChI=1S/C15H16F4N4O2S/c16-9-5-10(23-4-3-20-7-12(23)15(17,18)19)13-11(6-9)26(24,25)22-14(21-13)8-1-2-8/h5-6,8,12,20H,1-4,7H2,(H,21,22). The summed E-state index contributed by atoms with van der Waals surface area (Å²) in [5.74, 6) is -0.769. The predicted molar refractivity (Wildman–Crippen MR) is 87.4 cm³/mol. The molecule has 0 spiro atoms. The van der Waals surface area contributed by atoms with E-state index < -0.39 is 33.0 Å². The Hall–Kier alpha value is -1.88. The van der Waals surface area contributed by atoms with Crippen LogP contribution in [0, 0.1) is 11.7 Å². The van der Waals surface area contributed by atoms with Crippen molar-refractivity contribution in [3.05, 3.63) is 17.9 Å². The average Bonchev–Trinajstić information content (AvgIpc) is 3.38. The number of nitrogens with zero attached hydrogens (tertiary/aromatic N) is 2. The van der Waals surface area contributed by atoms with Crippen molar-refractivity contribution in [3.63, 3.8) is 0 Å². The van der Waals surface area contributed by atoms with Crippen molar-refractivity contribution in [2.24, 2.45) is 10.3 Å². The van der Waals surface area contributed by atoms with Crippen LogP contribution in [0.3, 0.4) is 0 Å². The molecule has 2 fully saturated rings. The van der Waals surface area contributed by atoms with Gasteiger partial charge in [0.1, 0.15) is 22.6 Å². The quantitative estimate of drug-likeness (QED) is 0.754. The van der Waals surface area contributed by atoms with Crippen LogP contribution < -0.4 is 15.5 Å². The van der Waals surface area contributed by atoms with Crippen LogP contribution in [0.2, 0.25) is 0 Å². The van der Waals surface area contributed by atoms with E-state index in [9.17, 15) is 26.0 Å². The van der Waals surface area contributed by atoms with E-state index in [4.69, 9.17) is 0 Å². The highest BCUT2D eigenvalue weighted by atomic mass is 32.2. The molecule has 2 aliphatic heterocycles. The highest BCUT2D eigenvalue weighted by Gasteiger charge is 2.46. The first kappa shape index (κ1) is 17.5. The lowest BCUT2D eigenvalue weighted by atomic mass is 10.1. The summed E-state index contributed by atoms with van der Waals surface area (Å²) in [6.45, 7) is -0.114. The van der Waals surface area contributed by atoms with Gasteiger partial charge in [-0.1, -0.05) is 0 Å². The number of hydrogen-bond donors (Lipinski definition) is 2. The second kappa shape index (κ2) is 5.81. The summed E-state index contributed by atoms with van der Waals surface area (Å²) < 4.78 is 82.9. The zero-order valence-electron chi connectivity index (χ0n) is 13.5. The largest absolute Gasteiger partial charge is 0.409 e. The summed E-state index contributed by atoms with van der Waals surface area (Å²) in [7, 11) is -4.17. The van der Waals surface area contributed by atoms with E-state index in [1.807, 2.05) is 0 Å². The molecule has 1 aromatic carbocycles. The van der Waals surface area contributed by atoms with E-state index in [1.165, 1.54) is 0 Å². The Kier molecular flexibility index (Phi) is 3.92. The van der Waals surface area contributed by atoms with Crippen molar-refractivity contribution in [2.45, 2.75) is 30.0 Å². The average molecular weight is 392 g/mol. The second-order valence-corrected chi connectivity index (χ2v) is 8.18. The number of halogens is 4. The molecule has 1 saturated carbocycles. The summed E-state index contributed by atoms with van der Waals surface area (Å²) in [6, 6.07) is -0.143. The van der Waals surface area contributed by atoms with Crippen molar-refractivity contribution in [3.8, 4) is 0 Å². The first-order valence-electron chi connectivity index (χ1n) is 8.16. The summed E-state index contributed by atoms with van der Waals surface area (Å²) in [4.78, 5) is 0.577. The maximum absolute atomic E-state index is 14.1. The van der Waals surface area contributed by atoms with Crippen molar-refractivity contribution in [1.82, 2.24) is 5.32 Å². The minimum Gasteiger partial charge on any atom is -0.356 e. The number of piperazine rings is 1. The van der Waals surface area contributed by atoms with E-state index in [2.05, 4.69) is 15.0 Å². The van der Waals surface area contributed by atoms with Crippen LogP contribution in [0.5, 0.6) is 0 Å². The lowest BCUT2D eigenvalue weighted by Gasteiger charge is -2.40. The SMILES string of the molecule is O=S1(=O)N=C(C2CC2)Nc2c(N3CCNCC3C(F)(F)F)cc(F)cc21. The highest BCUT2D eigenvalue weighted by molar-refractivity contribution is 7.90. The minimum absolute atomic E-state index is 0.0283. The molecular weight excluding hydrogens is 376 g/mol. The van der Waals surface area contributed by atoms with Gasteiger partial charge in [0.2, 0.25) is 0 Å². The van der Waals surface area contributed by atoms with Crippen molar-refractivity contribution in [1.29, 1.82) is 0 Å². The molecule has 1 unspecified atom stereocenters. The van der Waals surface area contributed by atoms with Gasteiger partial charge in [-0.05, 0) is 25.0 Å². The van der Waals surface area contributed by atoms with Gasteiger partial charge >= 0.3 is 6.18 Å². The molecule has 6 nitrogen and oxygen atoms in total. The number of fused-ring (bicyclic) bond motifs is 1. The van der Waals surface area contributed by atoms with E-state index in [0.717, 1.165) is 29.9 Å². The Labute approximate surface area is 147 Å². The first-order valence-corrected chi connectivity index (χ1v) is 9.60. The maximum Gasteiger partial charge on any atom is 0.409 e. The third-order valence-corrected chi connectivity index (χ3v) is 6.01. The number of sulfonamides is 1. The zero-order valence-corrected chi connectivity index (χ0v) is 14.3. The van der Waals surface area contributed by atoms with E-state index in [-0.39, 0.29) is 42.8 Å². The van der Waals surface area contributed by atoms with Crippen molar-refractivity contribution in [2.75, 3.05) is 29.9 Å². The lowest BCUT2D eigenvalue weighted by Crippen LogP contribution is -2.58. The van der Waals surface area contributed by atoms with Gasteiger partial charge < -0.3 is 15.5 Å². The first-order chi connectivity index (χ1) is 12.2. The molecule has 142 valence electrons. The molecule has 4 rings (SSSR count). The Bertz CT molecular complexity index is 880. The Morgan fingerprint density at radius 1 is 1.23 bits per heavy atom. The van der Waals surface area contributed by atoms with Gasteiger partial charge in [0.25, 0.3) is 10.0 Å². The fraction of sp³-hybridized carbons (Fsp3) is 0.533. The van der Waals surface area contributed by atoms with Gasteiger partial charge in [0.05, 0.1) is 11.4 Å². The van der Waals surface area contributed by atoms with Crippen molar-refractivity contribution >= 4 is 27.2 Å². The number of nitrogens with one attached hydrogen (secondary N) is 2. The van der Waals surface area contributed by atoms with Gasteiger partial charge in [-0.3, -0.25) is 0 Å². The van der Waals surface area contributed by atoms with Crippen LogP contribution in [0.15, 0.2) is 21.4 Å². The number of hydrogen-bond acceptors (Lipinski definition) is 5. The summed E-state index contributed by atoms with van der Waals surface area (Å²) in [6.07, 6.45) is -3.04. The number of rotatable bonds is 2. The second-order valence-electron chi connectivity index (χ2n) is 6.60. The number of amidine groups is 1. The fourth-order valence-corrected chi connectivity index (χ4v) is 4.50. The topological polar surface area (TPSA) is 73.8 Å². The molecule has 0 bridgehead atoms. The molecule has 0 amide bonds. The van der Waals surface area contributed by atoms with E-state index in [0.29, 0.717) is 0 Å². The molecule has 1 aliphatic carbocycles. The monoisotopic (exact) mass is 392 g/mol. The van der Waals surface area contributed by atoms with Crippen LogP contribution in [0.25, 0.3) is 0 Å². The summed E-state index contributed by atoms with van der Waals surface area (Å²) in [5.41, 5.74) is -0.139. The number of benzene rings is 1. The van der Waals surface area contributed by atoms with Crippen LogP contribution >= 0.6 is 0 Å². The molecule has 1 aromatic rings. The van der Waals surface area contributed by atoms with Gasteiger partial charge in [0.15, 0.2) is 0 Å². The maximum atomic E-state index is 14.1. The molecule has 1 atom stereocenters. The van der Waals surface area contributed by atoms with Gasteiger partial charge in [-0.15, -0.1) is 4.40 Å². The molecule has 1 saturated heterocycles. The van der Waals surface area contributed by atoms with Gasteiger partial charge in [-0.25, -0.2) is 4.39 Å². The molecule has 2 heterocycles. The molecule has 11 heteroatoms. The van der Waals surface area contributed by atoms with Crippen molar-refractivity contribution < 1.29 is 26.0 Å². The molecule has 26 heavy (non-hydrogen) atoms. The number of alkyl halides is 3. The molecule has 3 aliphatic rings. The molecule has 2 N–H and O–H groups in total. The Balaban J connectivity index is 1.85. The summed E-state index contributed by atoms with van der Waals surface area (Å²) >= 11 is 0. The zero-order chi connectivity index (χ0) is 18.7. The third-order valence-electron chi connectivity index (χ3n) is 4.69. The Morgan fingerprint density at radius 2 is 1.96 bits per heavy atom. The number of anilines is 2. The van der Waals surface area contributed by atoms with Gasteiger partial charge in [-0.2, -0.15) is 21.6 Å². The van der Waals surface area contributed by atoms with Crippen LogP contribution in [0.1, 0.15) is 12.8 Å². The minimum atomic E-state index is -4.55. The molecule has 0 radical (unpaired) electrons. The fourth-order valence-electron chi connectivity index (χ4n) is 3.27. The smallest absolute Gasteiger partial charge is 0.356 e. The normalized spacial score (nSPS) is 25.3. The van der Waals surface area contributed by atoms with Crippen LogP contribution in [0.4, 0.5) is 28.9 Å². The highest BCUT2D eigenvalue weighted by Crippen LogP contribution is 2.43. The molecule has 0 aromatic heterocycles. The molecular formula is C15H16F4N4O2S. The van der Waals surface area contributed by atoms with Crippen LogP contribution in [-0.4, -0.2) is 46.1 Å². The predicted octanol–water partition coefficient (Wildman–Crippen LogP) is 2.09. The van der Waals surface area contributed by atoms with Gasteiger partial charge in [0, 0.05) is 25.6 Å². The lowest BCUT2D eigenvalue weighted by molar-refractivity contribution is -0.149. The summed E-state index contributed by atoms with van der Waals surface area (Å²) in [5, 5.41) is 5.53. The third kappa shape index (κ3) is 3.02. The van der Waals surface area contributed by atoms with E-state index >= 15 is 0 Å². The van der Waals surface area contributed by atoms with E-state index in [1.54, 1.807) is 0 Å².